The van der Waals surface area contributed by atoms with Gasteiger partial charge in [-0.15, -0.1) is 0 Å². The van der Waals surface area contributed by atoms with Gasteiger partial charge in [0.1, 0.15) is 6.10 Å². The Morgan fingerprint density at radius 2 is 2.14 bits per heavy atom. The first-order valence-electron chi connectivity index (χ1n) is 9.29. The van der Waals surface area contributed by atoms with Crippen LogP contribution < -0.4 is 5.32 Å². The molecule has 3 rings (SSSR count). The van der Waals surface area contributed by atoms with Crippen LogP contribution in [-0.4, -0.2) is 35.4 Å². The number of benzene rings is 2. The second-order valence-corrected chi connectivity index (χ2v) is 7.50. The van der Waals surface area contributed by atoms with Crippen molar-refractivity contribution in [3.05, 3.63) is 63.9 Å². The molecule has 7 heteroatoms. The summed E-state index contributed by atoms with van der Waals surface area (Å²) in [4.78, 5) is 12.5. The molecule has 0 saturated carbocycles. The number of hydrogen-bond acceptors (Lipinski definition) is 4. The summed E-state index contributed by atoms with van der Waals surface area (Å²) in [5.74, 6) is -0.283. The van der Waals surface area contributed by atoms with E-state index < -0.39 is 6.16 Å². The van der Waals surface area contributed by atoms with E-state index >= 15 is 4.39 Å². The molecule has 0 aromatic heterocycles. The second kappa shape index (κ2) is 8.80. The molecule has 0 spiro atoms. The third-order valence-electron chi connectivity index (χ3n) is 4.99. The zero-order chi connectivity index (χ0) is 20.3. The monoisotopic (exact) mass is 406 g/mol. The summed E-state index contributed by atoms with van der Waals surface area (Å²) < 4.78 is 19.7. The van der Waals surface area contributed by atoms with Gasteiger partial charge in [0, 0.05) is 30.2 Å². The van der Waals surface area contributed by atoms with E-state index in [2.05, 4.69) is 5.32 Å². The van der Waals surface area contributed by atoms with Crippen LogP contribution >= 0.6 is 11.6 Å². The lowest BCUT2D eigenvalue weighted by Gasteiger charge is -2.37. The summed E-state index contributed by atoms with van der Waals surface area (Å²) in [5.41, 5.74) is 3.08. The van der Waals surface area contributed by atoms with Gasteiger partial charge in [-0.2, -0.15) is 0 Å². The van der Waals surface area contributed by atoms with E-state index in [4.69, 9.17) is 21.4 Å². The van der Waals surface area contributed by atoms with Gasteiger partial charge in [0.15, 0.2) is 5.82 Å². The topological polar surface area (TPSA) is 61.8 Å². The number of hydrogen-bond donors (Lipinski definition) is 2. The van der Waals surface area contributed by atoms with E-state index in [1.165, 1.54) is 0 Å². The summed E-state index contributed by atoms with van der Waals surface area (Å²) in [6.45, 7) is 5.37. The minimum atomic E-state index is -1.27. The van der Waals surface area contributed by atoms with Crippen molar-refractivity contribution in [3.63, 3.8) is 0 Å². The fourth-order valence-electron chi connectivity index (χ4n) is 3.42. The standard InChI is InChI=1S/C21H24ClFN2O3/c1-3-18(14-7-8-17(22)13(2)9-14)24-19-6-4-5-15(20(19)23)10-25-11-16(12-25)28-21(26)27/h4-9,16,18,24H,3,10-12H2,1-2H3,(H,26,27)/t18-/m1/s1. The van der Waals surface area contributed by atoms with E-state index in [1.807, 2.05) is 43.0 Å². The number of carboxylic acid groups (broad SMARTS) is 1. The van der Waals surface area contributed by atoms with Gasteiger partial charge < -0.3 is 15.2 Å². The van der Waals surface area contributed by atoms with Gasteiger partial charge in [-0.25, -0.2) is 9.18 Å². The number of rotatable bonds is 7. The van der Waals surface area contributed by atoms with Crippen molar-refractivity contribution in [2.45, 2.75) is 39.0 Å². The van der Waals surface area contributed by atoms with Crippen LogP contribution in [0.15, 0.2) is 36.4 Å². The van der Waals surface area contributed by atoms with Crippen molar-refractivity contribution >= 4 is 23.4 Å². The van der Waals surface area contributed by atoms with Gasteiger partial charge in [0.2, 0.25) is 0 Å². The third-order valence-corrected chi connectivity index (χ3v) is 5.41. The molecule has 1 saturated heterocycles. The average Bonchev–Trinajstić information content (AvgIpc) is 2.62. The number of halogens is 2. The Balaban J connectivity index is 1.68. The number of ether oxygens (including phenoxy) is 1. The van der Waals surface area contributed by atoms with Crippen LogP contribution in [0.1, 0.15) is 36.1 Å². The fourth-order valence-corrected chi connectivity index (χ4v) is 3.53. The van der Waals surface area contributed by atoms with E-state index in [-0.39, 0.29) is 18.0 Å². The maximum atomic E-state index is 15.0. The average molecular weight is 407 g/mol. The van der Waals surface area contributed by atoms with Gasteiger partial charge in [-0.3, -0.25) is 4.90 Å². The van der Waals surface area contributed by atoms with E-state index in [0.29, 0.717) is 35.9 Å². The maximum absolute atomic E-state index is 15.0. The van der Waals surface area contributed by atoms with Crippen molar-refractivity contribution in [1.82, 2.24) is 4.90 Å². The molecule has 1 aliphatic heterocycles. The molecule has 0 aliphatic carbocycles. The van der Waals surface area contributed by atoms with E-state index in [1.54, 1.807) is 12.1 Å². The molecule has 5 nitrogen and oxygen atoms in total. The molecule has 0 amide bonds. The first-order chi connectivity index (χ1) is 13.4. The molecule has 1 aliphatic rings. The SMILES string of the molecule is CC[C@@H](Nc1cccc(CN2CC(OC(=O)O)C2)c1F)c1ccc(Cl)c(C)c1. The smallest absolute Gasteiger partial charge is 0.450 e. The predicted octanol–water partition coefficient (Wildman–Crippen LogP) is 5.23. The number of carbonyl (C=O) groups is 1. The Kier molecular flexibility index (Phi) is 6.42. The van der Waals surface area contributed by atoms with Crippen molar-refractivity contribution in [3.8, 4) is 0 Å². The number of nitrogens with zero attached hydrogens (tertiary/aromatic N) is 1. The maximum Gasteiger partial charge on any atom is 0.506 e. The van der Waals surface area contributed by atoms with Crippen LogP contribution in [0, 0.1) is 12.7 Å². The van der Waals surface area contributed by atoms with Crippen molar-refractivity contribution < 1.29 is 19.0 Å². The summed E-state index contributed by atoms with van der Waals surface area (Å²) in [5, 5.41) is 12.6. The van der Waals surface area contributed by atoms with Crippen molar-refractivity contribution in [1.29, 1.82) is 0 Å². The number of aryl methyl sites for hydroxylation is 1. The normalized spacial score (nSPS) is 15.7. The number of anilines is 1. The lowest BCUT2D eigenvalue weighted by atomic mass is 10.0. The van der Waals surface area contributed by atoms with E-state index in [9.17, 15) is 4.79 Å². The minimum Gasteiger partial charge on any atom is -0.450 e. The molecule has 0 radical (unpaired) electrons. The first kappa shape index (κ1) is 20.4. The second-order valence-electron chi connectivity index (χ2n) is 7.09. The summed E-state index contributed by atoms with van der Waals surface area (Å²) in [6, 6.07) is 11.1. The summed E-state index contributed by atoms with van der Waals surface area (Å²) >= 11 is 6.11. The molecular formula is C21H24ClFN2O3. The molecule has 150 valence electrons. The Morgan fingerprint density at radius 1 is 1.39 bits per heavy atom. The molecule has 1 atom stereocenters. The quantitative estimate of drug-likeness (QED) is 0.616. The van der Waals surface area contributed by atoms with Crippen LogP contribution in [0.2, 0.25) is 5.02 Å². The molecule has 28 heavy (non-hydrogen) atoms. The van der Waals surface area contributed by atoms with Gasteiger partial charge in [0.05, 0.1) is 11.7 Å². The van der Waals surface area contributed by atoms with Crippen LogP contribution in [0.5, 0.6) is 0 Å². The molecule has 0 bridgehead atoms. The number of likely N-dealkylation sites (tertiary alicyclic amines) is 1. The zero-order valence-electron chi connectivity index (χ0n) is 15.9. The lowest BCUT2D eigenvalue weighted by molar-refractivity contribution is -0.0366. The Bertz CT molecular complexity index is 856. The van der Waals surface area contributed by atoms with Crippen molar-refractivity contribution in [2.75, 3.05) is 18.4 Å². The van der Waals surface area contributed by atoms with Gasteiger partial charge in [-0.1, -0.05) is 42.8 Å². The van der Waals surface area contributed by atoms with Gasteiger partial charge >= 0.3 is 6.16 Å². The fraction of sp³-hybridized carbons (Fsp3) is 0.381. The first-order valence-corrected chi connectivity index (χ1v) is 9.67. The molecule has 0 unspecified atom stereocenters. The molecule has 1 fully saturated rings. The Hall–Kier alpha value is -2.31. The van der Waals surface area contributed by atoms with Crippen LogP contribution in [0.25, 0.3) is 0 Å². The minimum absolute atomic E-state index is 0.0296. The largest absolute Gasteiger partial charge is 0.506 e. The highest BCUT2D eigenvalue weighted by Gasteiger charge is 2.30. The highest BCUT2D eigenvalue weighted by Crippen LogP contribution is 2.29. The molecule has 2 N–H and O–H groups in total. The highest BCUT2D eigenvalue weighted by molar-refractivity contribution is 6.31. The van der Waals surface area contributed by atoms with Gasteiger partial charge in [-0.05, 0) is 36.6 Å². The zero-order valence-corrected chi connectivity index (χ0v) is 16.7. The van der Waals surface area contributed by atoms with Crippen molar-refractivity contribution in [2.24, 2.45) is 0 Å². The number of nitrogens with one attached hydrogen (secondary N) is 1. The molecule has 2 aromatic rings. The van der Waals surface area contributed by atoms with Crippen LogP contribution in [0.4, 0.5) is 14.9 Å². The van der Waals surface area contributed by atoms with E-state index in [0.717, 1.165) is 17.5 Å². The Morgan fingerprint density at radius 3 is 2.79 bits per heavy atom. The summed E-state index contributed by atoms with van der Waals surface area (Å²) in [6.07, 6.45) is -0.810. The lowest BCUT2D eigenvalue weighted by Crippen LogP contribution is -2.52. The molecule has 1 heterocycles. The Labute approximate surface area is 169 Å². The summed E-state index contributed by atoms with van der Waals surface area (Å²) in [7, 11) is 0. The molecular weight excluding hydrogens is 383 g/mol. The van der Waals surface area contributed by atoms with Crippen LogP contribution in [0.3, 0.4) is 0 Å². The van der Waals surface area contributed by atoms with Gasteiger partial charge in [0.25, 0.3) is 0 Å². The van der Waals surface area contributed by atoms with Crippen LogP contribution in [-0.2, 0) is 11.3 Å². The predicted molar refractivity (Wildman–Crippen MR) is 107 cm³/mol. The third kappa shape index (κ3) is 4.75. The highest BCUT2D eigenvalue weighted by atomic mass is 35.5. The molecule has 2 aromatic carbocycles.